The van der Waals surface area contributed by atoms with Crippen LogP contribution in [0.15, 0.2) is 40.8 Å². The predicted octanol–water partition coefficient (Wildman–Crippen LogP) is 5.54. The summed E-state index contributed by atoms with van der Waals surface area (Å²) in [6, 6.07) is 11.6. The SMILES string of the molecule is CCN(CC)CCCOc1cc(OC)ccc1-c1oc2ccc(CCC(=O)O)cc2c1C. The smallest absolute Gasteiger partial charge is 0.303 e. The van der Waals surface area contributed by atoms with Gasteiger partial charge in [-0.3, -0.25) is 4.79 Å². The van der Waals surface area contributed by atoms with Crippen molar-refractivity contribution in [2.45, 2.75) is 40.0 Å². The molecule has 0 saturated heterocycles. The summed E-state index contributed by atoms with van der Waals surface area (Å²) in [4.78, 5) is 13.3. The molecule has 6 heteroatoms. The van der Waals surface area contributed by atoms with Gasteiger partial charge in [-0.1, -0.05) is 19.9 Å². The van der Waals surface area contributed by atoms with Gasteiger partial charge in [0.1, 0.15) is 22.8 Å². The molecule has 172 valence electrons. The third-order valence-electron chi connectivity index (χ3n) is 5.83. The molecule has 1 aromatic heterocycles. The minimum atomic E-state index is -0.796. The molecule has 3 rings (SSSR count). The van der Waals surface area contributed by atoms with E-state index in [1.54, 1.807) is 7.11 Å². The summed E-state index contributed by atoms with van der Waals surface area (Å²) in [5.74, 6) is 1.43. The average Bonchev–Trinajstić information content (AvgIpc) is 3.13. The van der Waals surface area contributed by atoms with E-state index in [2.05, 4.69) is 18.7 Å². The van der Waals surface area contributed by atoms with Gasteiger partial charge in [0.2, 0.25) is 0 Å². The lowest BCUT2D eigenvalue weighted by Crippen LogP contribution is -2.25. The highest BCUT2D eigenvalue weighted by Crippen LogP contribution is 2.40. The summed E-state index contributed by atoms with van der Waals surface area (Å²) in [6.45, 7) is 10.0. The van der Waals surface area contributed by atoms with Gasteiger partial charge >= 0.3 is 5.97 Å². The molecule has 0 aliphatic rings. The maximum Gasteiger partial charge on any atom is 0.303 e. The number of carboxylic acids is 1. The predicted molar refractivity (Wildman–Crippen MR) is 127 cm³/mol. The van der Waals surface area contributed by atoms with E-state index >= 15 is 0 Å². The van der Waals surface area contributed by atoms with Crippen molar-refractivity contribution in [3.63, 3.8) is 0 Å². The number of fused-ring (bicyclic) bond motifs is 1. The van der Waals surface area contributed by atoms with Gasteiger partial charge in [0.05, 0.1) is 19.3 Å². The number of hydrogen-bond donors (Lipinski definition) is 1. The molecule has 0 spiro atoms. The van der Waals surface area contributed by atoms with Crippen molar-refractivity contribution < 1.29 is 23.8 Å². The molecule has 3 aromatic rings. The van der Waals surface area contributed by atoms with Gasteiger partial charge in [-0.2, -0.15) is 0 Å². The largest absolute Gasteiger partial charge is 0.497 e. The molecule has 1 heterocycles. The number of aliphatic carboxylic acids is 1. The van der Waals surface area contributed by atoms with Crippen LogP contribution in [0.1, 0.15) is 37.8 Å². The normalized spacial score (nSPS) is 11.3. The number of benzene rings is 2. The summed E-state index contributed by atoms with van der Waals surface area (Å²) >= 11 is 0. The second-order valence-corrected chi connectivity index (χ2v) is 7.87. The van der Waals surface area contributed by atoms with E-state index in [4.69, 9.17) is 19.0 Å². The Hall–Kier alpha value is -2.99. The van der Waals surface area contributed by atoms with Crippen LogP contribution in [-0.2, 0) is 11.2 Å². The van der Waals surface area contributed by atoms with Crippen molar-refractivity contribution in [3.8, 4) is 22.8 Å². The molecule has 6 nitrogen and oxygen atoms in total. The fourth-order valence-electron chi connectivity index (χ4n) is 3.88. The third-order valence-corrected chi connectivity index (χ3v) is 5.83. The molecular weight excluding hydrogens is 406 g/mol. The summed E-state index contributed by atoms with van der Waals surface area (Å²) in [6.07, 6.45) is 1.54. The number of carboxylic acid groups (broad SMARTS) is 1. The van der Waals surface area contributed by atoms with E-state index in [-0.39, 0.29) is 6.42 Å². The van der Waals surface area contributed by atoms with Gasteiger partial charge < -0.3 is 23.9 Å². The lowest BCUT2D eigenvalue weighted by molar-refractivity contribution is -0.136. The Morgan fingerprint density at radius 2 is 1.91 bits per heavy atom. The number of ether oxygens (including phenoxy) is 2. The van der Waals surface area contributed by atoms with E-state index in [0.29, 0.717) is 13.0 Å². The maximum atomic E-state index is 10.9. The van der Waals surface area contributed by atoms with Crippen LogP contribution >= 0.6 is 0 Å². The Morgan fingerprint density at radius 3 is 2.59 bits per heavy atom. The van der Waals surface area contributed by atoms with Crippen LogP contribution in [0.3, 0.4) is 0 Å². The Balaban J connectivity index is 1.87. The van der Waals surface area contributed by atoms with E-state index in [1.807, 2.05) is 43.3 Å². The molecule has 0 amide bonds. The molecule has 0 aliphatic heterocycles. The van der Waals surface area contributed by atoms with E-state index in [9.17, 15) is 4.79 Å². The second-order valence-electron chi connectivity index (χ2n) is 7.87. The lowest BCUT2D eigenvalue weighted by atomic mass is 10.0. The highest BCUT2D eigenvalue weighted by Gasteiger charge is 2.18. The number of methoxy groups -OCH3 is 1. The lowest BCUT2D eigenvalue weighted by Gasteiger charge is -2.18. The Morgan fingerprint density at radius 1 is 1.12 bits per heavy atom. The van der Waals surface area contributed by atoms with E-state index in [0.717, 1.165) is 71.0 Å². The zero-order chi connectivity index (χ0) is 23.1. The Bertz CT molecular complexity index is 1050. The van der Waals surface area contributed by atoms with Crippen molar-refractivity contribution in [3.05, 3.63) is 47.5 Å². The second kappa shape index (κ2) is 11.0. The molecule has 32 heavy (non-hydrogen) atoms. The molecule has 0 fully saturated rings. The number of furan rings is 1. The molecular formula is C26H33NO5. The number of rotatable bonds is 12. The number of carbonyl (C=O) groups is 1. The van der Waals surface area contributed by atoms with Gasteiger partial charge in [-0.25, -0.2) is 0 Å². The van der Waals surface area contributed by atoms with Gasteiger partial charge in [0.15, 0.2) is 0 Å². The van der Waals surface area contributed by atoms with E-state index in [1.165, 1.54) is 0 Å². The molecule has 0 unspecified atom stereocenters. The standard InChI is InChI=1S/C26H33NO5/c1-5-27(6-2)14-7-15-31-24-17-20(30-4)10-11-21(24)26-18(3)22-16-19(9-13-25(28)29)8-12-23(22)32-26/h8,10-12,16-17H,5-7,9,13-15H2,1-4H3,(H,28,29). The summed E-state index contributed by atoms with van der Waals surface area (Å²) in [7, 11) is 1.64. The first-order valence-electron chi connectivity index (χ1n) is 11.2. The zero-order valence-electron chi connectivity index (χ0n) is 19.4. The van der Waals surface area contributed by atoms with Crippen LogP contribution in [0.2, 0.25) is 0 Å². The van der Waals surface area contributed by atoms with Crippen molar-refractivity contribution >= 4 is 16.9 Å². The van der Waals surface area contributed by atoms with Crippen LogP contribution < -0.4 is 9.47 Å². The summed E-state index contributed by atoms with van der Waals surface area (Å²) in [5.41, 5.74) is 3.66. The minimum absolute atomic E-state index is 0.110. The monoisotopic (exact) mass is 439 g/mol. The highest BCUT2D eigenvalue weighted by molar-refractivity contribution is 5.89. The number of aryl methyl sites for hydroxylation is 2. The first-order chi connectivity index (χ1) is 15.5. The van der Waals surface area contributed by atoms with Crippen molar-refractivity contribution in [2.24, 2.45) is 0 Å². The van der Waals surface area contributed by atoms with Gasteiger partial charge in [0.25, 0.3) is 0 Å². The van der Waals surface area contributed by atoms with Crippen LogP contribution in [0, 0.1) is 6.92 Å². The van der Waals surface area contributed by atoms with Crippen molar-refractivity contribution in [1.29, 1.82) is 0 Å². The van der Waals surface area contributed by atoms with Crippen LogP contribution in [0.4, 0.5) is 0 Å². The molecule has 1 N–H and O–H groups in total. The minimum Gasteiger partial charge on any atom is -0.497 e. The van der Waals surface area contributed by atoms with Gasteiger partial charge in [-0.05, 0) is 62.7 Å². The summed E-state index contributed by atoms with van der Waals surface area (Å²) in [5, 5.41) is 9.96. The topological polar surface area (TPSA) is 72.1 Å². The van der Waals surface area contributed by atoms with Gasteiger partial charge in [-0.15, -0.1) is 0 Å². The van der Waals surface area contributed by atoms with Gasteiger partial charge in [0, 0.05) is 30.0 Å². The van der Waals surface area contributed by atoms with Crippen molar-refractivity contribution in [1.82, 2.24) is 4.90 Å². The zero-order valence-corrected chi connectivity index (χ0v) is 19.4. The van der Waals surface area contributed by atoms with Crippen molar-refractivity contribution in [2.75, 3.05) is 33.4 Å². The molecule has 0 bridgehead atoms. The first kappa shape index (κ1) is 23.7. The molecule has 0 aliphatic carbocycles. The average molecular weight is 440 g/mol. The number of nitrogens with zero attached hydrogens (tertiary/aromatic N) is 1. The third kappa shape index (κ3) is 5.62. The molecule has 2 aromatic carbocycles. The fourth-order valence-corrected chi connectivity index (χ4v) is 3.88. The van der Waals surface area contributed by atoms with E-state index < -0.39 is 5.97 Å². The highest BCUT2D eigenvalue weighted by atomic mass is 16.5. The molecule has 0 radical (unpaired) electrons. The van der Waals surface area contributed by atoms with Crippen LogP contribution in [0.5, 0.6) is 11.5 Å². The quantitative estimate of drug-likeness (QED) is 0.373. The Labute approximate surface area is 189 Å². The Kier molecular flexibility index (Phi) is 8.17. The molecule has 0 saturated carbocycles. The number of hydrogen-bond acceptors (Lipinski definition) is 5. The summed E-state index contributed by atoms with van der Waals surface area (Å²) < 4.78 is 17.8. The molecule has 0 atom stereocenters. The maximum absolute atomic E-state index is 10.9. The first-order valence-corrected chi connectivity index (χ1v) is 11.2. The van der Waals surface area contributed by atoms with Crippen LogP contribution in [0.25, 0.3) is 22.3 Å². The fraction of sp³-hybridized carbons (Fsp3) is 0.423. The van der Waals surface area contributed by atoms with Crippen LogP contribution in [-0.4, -0.2) is 49.3 Å².